The molecule has 1 aliphatic carbocycles. The molecule has 3 aromatic rings. The molecule has 0 spiro atoms. The Balaban J connectivity index is 1.41. The highest BCUT2D eigenvalue weighted by Gasteiger charge is 2.34. The summed E-state index contributed by atoms with van der Waals surface area (Å²) in [5, 5.41) is 5.52. The number of fused-ring (bicyclic) bond motifs is 1. The third-order valence-electron chi connectivity index (χ3n) is 6.96. The summed E-state index contributed by atoms with van der Waals surface area (Å²) in [6.07, 6.45) is 9.20. The third kappa shape index (κ3) is 8.12. The number of halogens is 1. The van der Waals surface area contributed by atoms with Crippen LogP contribution in [0.1, 0.15) is 71.3 Å². The molecule has 0 aliphatic heterocycles. The largest absolute Gasteiger partial charge is 0.489 e. The zero-order valence-electron chi connectivity index (χ0n) is 23.2. The van der Waals surface area contributed by atoms with Crippen LogP contribution in [0.3, 0.4) is 0 Å². The predicted octanol–water partition coefficient (Wildman–Crippen LogP) is 8.41. The maximum atomic E-state index is 12.6. The van der Waals surface area contributed by atoms with Crippen molar-refractivity contribution >= 4 is 28.5 Å². The van der Waals surface area contributed by atoms with E-state index in [0.717, 1.165) is 54.9 Å². The maximum Gasteiger partial charge on any atom is 0.408 e. The number of benzene rings is 2. The summed E-state index contributed by atoms with van der Waals surface area (Å²) in [6.45, 7) is 9.99. The van der Waals surface area contributed by atoms with Gasteiger partial charge in [0.1, 0.15) is 18.0 Å². The van der Waals surface area contributed by atoms with E-state index in [0.29, 0.717) is 29.7 Å². The number of amides is 1. The molecule has 0 radical (unpaired) electrons. The van der Waals surface area contributed by atoms with Crippen molar-refractivity contribution in [3.8, 4) is 11.6 Å². The van der Waals surface area contributed by atoms with E-state index in [1.54, 1.807) is 6.20 Å². The molecule has 0 saturated heterocycles. The molecular weight excluding hydrogens is 512 g/mol. The number of alkyl carbamates (subject to hydrolysis) is 1. The Morgan fingerprint density at radius 2 is 1.87 bits per heavy atom. The second-order valence-corrected chi connectivity index (χ2v) is 11.7. The minimum atomic E-state index is -0.538. The highest BCUT2D eigenvalue weighted by Crippen LogP contribution is 2.37. The Morgan fingerprint density at radius 3 is 2.54 bits per heavy atom. The average Bonchev–Trinajstić information content (AvgIpc) is 2.86. The fraction of sp³-hybridized carbons (Fsp3) is 0.438. The van der Waals surface area contributed by atoms with Crippen molar-refractivity contribution in [1.29, 1.82) is 0 Å². The van der Waals surface area contributed by atoms with E-state index in [2.05, 4.69) is 16.9 Å². The average molecular weight is 551 g/mol. The fourth-order valence-corrected chi connectivity index (χ4v) is 5.37. The Labute approximate surface area is 236 Å². The predicted molar refractivity (Wildman–Crippen MR) is 157 cm³/mol. The van der Waals surface area contributed by atoms with Crippen LogP contribution >= 0.6 is 11.6 Å². The molecule has 1 aliphatic rings. The molecule has 1 heterocycles. The Bertz CT molecular complexity index is 1260. The number of nitrogens with one attached hydrogen (secondary N) is 1. The molecule has 39 heavy (non-hydrogen) atoms. The number of carbonyl (C=O) groups is 1. The van der Waals surface area contributed by atoms with Crippen molar-refractivity contribution in [2.75, 3.05) is 0 Å². The number of ether oxygens (including phenoxy) is 3. The Kier molecular flexibility index (Phi) is 9.39. The summed E-state index contributed by atoms with van der Waals surface area (Å²) in [4.78, 5) is 17.0. The summed E-state index contributed by atoms with van der Waals surface area (Å²) >= 11 is 6.70. The van der Waals surface area contributed by atoms with Gasteiger partial charge in [0.05, 0.1) is 11.1 Å². The third-order valence-corrected chi connectivity index (χ3v) is 7.25. The second-order valence-electron chi connectivity index (χ2n) is 11.3. The minimum absolute atomic E-state index is 0.0406. The number of nitrogens with zero attached hydrogens (tertiary/aromatic N) is 1. The molecule has 1 amide bonds. The molecule has 1 N–H and O–H groups in total. The number of carbonyl (C=O) groups excluding carboxylic acids is 1. The van der Waals surface area contributed by atoms with Crippen LogP contribution in [-0.4, -0.2) is 28.3 Å². The van der Waals surface area contributed by atoms with Gasteiger partial charge in [-0.3, -0.25) is 0 Å². The summed E-state index contributed by atoms with van der Waals surface area (Å²) in [6, 6.07) is 15.8. The van der Waals surface area contributed by atoms with Gasteiger partial charge < -0.3 is 19.5 Å². The molecule has 0 atom stereocenters. The second kappa shape index (κ2) is 12.7. The Morgan fingerprint density at radius 1 is 1.15 bits per heavy atom. The maximum absolute atomic E-state index is 12.6. The van der Waals surface area contributed by atoms with Crippen molar-refractivity contribution < 1.29 is 19.0 Å². The normalized spacial score (nSPS) is 19.9. The lowest BCUT2D eigenvalue weighted by molar-refractivity contribution is 0.0423. The van der Waals surface area contributed by atoms with Crippen molar-refractivity contribution in [1.82, 2.24) is 10.3 Å². The van der Waals surface area contributed by atoms with Gasteiger partial charge in [-0.15, -0.1) is 6.58 Å². The smallest absolute Gasteiger partial charge is 0.408 e. The molecule has 7 heteroatoms. The van der Waals surface area contributed by atoms with Crippen LogP contribution in [0.25, 0.3) is 10.8 Å². The lowest BCUT2D eigenvalue weighted by atomic mass is 9.81. The lowest BCUT2D eigenvalue weighted by Gasteiger charge is -2.37. The van der Waals surface area contributed by atoms with Crippen molar-refractivity contribution in [2.24, 2.45) is 0 Å². The van der Waals surface area contributed by atoms with E-state index in [9.17, 15) is 4.79 Å². The molecule has 6 nitrogen and oxygen atoms in total. The van der Waals surface area contributed by atoms with Crippen molar-refractivity contribution in [3.05, 3.63) is 78.0 Å². The SMILES string of the molecule is C=CCC1(NC(=O)OC(C)(C)C)CCCC(Oc2cc3ccnc(OCc4ccccc4)c3cc2Cl)CCC1. The van der Waals surface area contributed by atoms with Crippen LogP contribution < -0.4 is 14.8 Å². The number of hydrogen-bond donors (Lipinski definition) is 1. The van der Waals surface area contributed by atoms with E-state index >= 15 is 0 Å². The first-order chi connectivity index (χ1) is 18.7. The van der Waals surface area contributed by atoms with Crippen LogP contribution in [0, 0.1) is 0 Å². The van der Waals surface area contributed by atoms with Crippen LogP contribution in [-0.2, 0) is 11.3 Å². The molecule has 0 bridgehead atoms. The summed E-state index contributed by atoms with van der Waals surface area (Å²) < 4.78 is 18.0. The first-order valence-corrected chi connectivity index (χ1v) is 14.1. The van der Waals surface area contributed by atoms with E-state index in [1.165, 1.54) is 0 Å². The van der Waals surface area contributed by atoms with Gasteiger partial charge in [0, 0.05) is 17.1 Å². The van der Waals surface area contributed by atoms with Gasteiger partial charge in [0.25, 0.3) is 0 Å². The minimum Gasteiger partial charge on any atom is -0.489 e. The van der Waals surface area contributed by atoms with Gasteiger partial charge in [0.2, 0.25) is 5.88 Å². The zero-order chi connectivity index (χ0) is 27.9. The van der Waals surface area contributed by atoms with Crippen LogP contribution in [0.15, 0.2) is 67.4 Å². The number of aromatic nitrogens is 1. The lowest BCUT2D eigenvalue weighted by Crippen LogP contribution is -2.50. The van der Waals surface area contributed by atoms with Gasteiger partial charge >= 0.3 is 6.09 Å². The van der Waals surface area contributed by atoms with E-state index in [-0.39, 0.29) is 17.7 Å². The molecule has 208 valence electrons. The monoisotopic (exact) mass is 550 g/mol. The molecule has 1 fully saturated rings. The van der Waals surface area contributed by atoms with Crippen LogP contribution in [0.2, 0.25) is 5.02 Å². The fourth-order valence-electron chi connectivity index (χ4n) is 5.16. The van der Waals surface area contributed by atoms with E-state index in [1.807, 2.05) is 75.4 Å². The van der Waals surface area contributed by atoms with Crippen LogP contribution in [0.4, 0.5) is 4.79 Å². The van der Waals surface area contributed by atoms with Gasteiger partial charge in [0.15, 0.2) is 0 Å². The number of hydrogen-bond acceptors (Lipinski definition) is 5. The van der Waals surface area contributed by atoms with Gasteiger partial charge in [-0.2, -0.15) is 0 Å². The van der Waals surface area contributed by atoms with E-state index < -0.39 is 5.60 Å². The quantitative estimate of drug-likeness (QED) is 0.285. The zero-order valence-corrected chi connectivity index (χ0v) is 23.9. The van der Waals surface area contributed by atoms with Gasteiger partial charge in [-0.05, 0) is 94.9 Å². The van der Waals surface area contributed by atoms with Gasteiger partial charge in [-0.25, -0.2) is 9.78 Å². The summed E-state index contributed by atoms with van der Waals surface area (Å²) in [5.74, 6) is 1.21. The standard InChI is InChI=1S/C32H39ClN2O4/c1-5-16-32(35-30(36)39-31(2,3)4)17-9-13-25(14-10-18-32)38-28-20-24-15-19-34-29(26(24)21-27(28)33)37-22-23-11-7-6-8-12-23/h5-8,11-12,15,19-21,25H,1,9-10,13-14,16-18,22H2,2-4H3,(H,35,36). The molecule has 2 aromatic carbocycles. The highest BCUT2D eigenvalue weighted by atomic mass is 35.5. The summed E-state index contributed by atoms with van der Waals surface area (Å²) in [7, 11) is 0. The van der Waals surface area contributed by atoms with Crippen molar-refractivity contribution in [2.45, 2.75) is 89.6 Å². The van der Waals surface area contributed by atoms with Crippen LogP contribution in [0.5, 0.6) is 11.6 Å². The molecule has 1 aromatic heterocycles. The van der Waals surface area contributed by atoms with Gasteiger partial charge in [-0.1, -0.05) is 48.0 Å². The number of pyridine rings is 1. The Hall–Kier alpha value is -3.25. The molecule has 1 saturated carbocycles. The highest BCUT2D eigenvalue weighted by molar-refractivity contribution is 6.33. The first kappa shape index (κ1) is 28.8. The molecule has 4 rings (SSSR count). The molecular formula is C32H39ClN2O4. The number of rotatable bonds is 8. The van der Waals surface area contributed by atoms with Crippen molar-refractivity contribution in [3.63, 3.8) is 0 Å². The topological polar surface area (TPSA) is 69.7 Å². The summed E-state index contributed by atoms with van der Waals surface area (Å²) in [5.41, 5.74) is 0.188. The first-order valence-electron chi connectivity index (χ1n) is 13.7. The molecule has 0 unspecified atom stereocenters. The van der Waals surface area contributed by atoms with E-state index in [4.69, 9.17) is 25.8 Å².